The van der Waals surface area contributed by atoms with Crippen LogP contribution in [0.4, 0.5) is 0 Å². The molecule has 10 heteroatoms. The van der Waals surface area contributed by atoms with Crippen LogP contribution in [0.25, 0.3) is 20.9 Å². The van der Waals surface area contributed by atoms with E-state index in [0.717, 1.165) is 22.3 Å². The van der Waals surface area contributed by atoms with Crippen molar-refractivity contribution in [3.8, 4) is 0 Å². The minimum absolute atomic E-state index is 0.272. The van der Waals surface area contributed by atoms with Crippen LogP contribution in [0.15, 0.2) is 95.2 Å². The molecule has 36 heavy (non-hydrogen) atoms. The van der Waals surface area contributed by atoms with Crippen molar-refractivity contribution < 1.29 is 9.59 Å². The first-order valence-corrected chi connectivity index (χ1v) is 11.4. The molecule has 3 aromatic rings. The van der Waals surface area contributed by atoms with Gasteiger partial charge in [-0.25, -0.2) is 0 Å². The van der Waals surface area contributed by atoms with E-state index < -0.39 is 12.1 Å². The first-order valence-electron chi connectivity index (χ1n) is 11.4. The third kappa shape index (κ3) is 8.22. The first-order chi connectivity index (χ1) is 17.6. The summed E-state index contributed by atoms with van der Waals surface area (Å²) in [5.41, 5.74) is 21.2. The van der Waals surface area contributed by atoms with Crippen molar-refractivity contribution in [1.29, 1.82) is 0 Å². The Morgan fingerprint density at radius 1 is 0.611 bits per heavy atom. The van der Waals surface area contributed by atoms with E-state index in [4.69, 9.17) is 11.1 Å². The van der Waals surface area contributed by atoms with Crippen molar-refractivity contribution in [3.63, 3.8) is 0 Å². The van der Waals surface area contributed by atoms with Gasteiger partial charge >= 0.3 is 0 Å². The lowest BCUT2D eigenvalue weighted by molar-refractivity contribution is -0.123. The lowest BCUT2D eigenvalue weighted by atomic mass is 10.1. The average molecular weight is 483 g/mol. The molecule has 0 aliphatic rings. The summed E-state index contributed by atoms with van der Waals surface area (Å²) in [4.78, 5) is 30.7. The Kier molecular flexibility index (Phi) is 9.91. The molecule has 3 aromatic carbocycles. The van der Waals surface area contributed by atoms with Crippen LogP contribution in [0, 0.1) is 0 Å². The zero-order valence-electron chi connectivity index (χ0n) is 19.6. The molecule has 3 rings (SSSR count). The van der Waals surface area contributed by atoms with E-state index in [1.165, 1.54) is 0 Å². The molecular weight excluding hydrogens is 456 g/mol. The Hall–Kier alpha value is -4.78. The zero-order valence-corrected chi connectivity index (χ0v) is 19.6. The van der Waals surface area contributed by atoms with Crippen LogP contribution in [0.5, 0.6) is 0 Å². The SMILES string of the molecule is [N-]=[N+]=N[C@@H](Cc1ccccc1)C(=O)NCc1ccc(CNC(=O)[C@H](Cc2ccccc2)N=[N+]=[N-])cc1. The maximum atomic E-state index is 12.5. The largest absolute Gasteiger partial charge is 0.352 e. The van der Waals surface area contributed by atoms with Crippen molar-refractivity contribution >= 4 is 11.8 Å². The quantitative estimate of drug-likeness (QED) is 0.217. The fourth-order valence-corrected chi connectivity index (χ4v) is 3.56. The molecule has 0 fully saturated rings. The molecule has 0 saturated heterocycles. The molecule has 0 saturated carbocycles. The number of azide groups is 2. The summed E-state index contributed by atoms with van der Waals surface area (Å²) in [5, 5.41) is 12.9. The number of hydrogen-bond acceptors (Lipinski definition) is 4. The smallest absolute Gasteiger partial charge is 0.229 e. The molecule has 0 bridgehead atoms. The van der Waals surface area contributed by atoms with E-state index in [1.807, 2.05) is 84.9 Å². The Labute approximate surface area is 208 Å². The van der Waals surface area contributed by atoms with Crippen LogP contribution in [0.2, 0.25) is 0 Å². The molecular formula is C26H26N8O2. The molecule has 182 valence electrons. The van der Waals surface area contributed by atoms with Gasteiger partial charge in [0, 0.05) is 22.9 Å². The lowest BCUT2D eigenvalue weighted by Crippen LogP contribution is -2.34. The normalized spacial score (nSPS) is 11.8. The monoisotopic (exact) mass is 482 g/mol. The van der Waals surface area contributed by atoms with Gasteiger partial charge in [-0.2, -0.15) is 0 Å². The summed E-state index contributed by atoms with van der Waals surface area (Å²) < 4.78 is 0. The first kappa shape index (κ1) is 25.8. The van der Waals surface area contributed by atoms with Gasteiger partial charge in [-0.15, -0.1) is 0 Å². The molecule has 0 aliphatic carbocycles. The van der Waals surface area contributed by atoms with Crippen LogP contribution in [-0.2, 0) is 35.5 Å². The van der Waals surface area contributed by atoms with Crippen LogP contribution in [0.1, 0.15) is 22.3 Å². The van der Waals surface area contributed by atoms with Gasteiger partial charge in [0.25, 0.3) is 0 Å². The van der Waals surface area contributed by atoms with Crippen LogP contribution in [-0.4, -0.2) is 23.9 Å². The van der Waals surface area contributed by atoms with E-state index in [-0.39, 0.29) is 24.9 Å². The summed E-state index contributed by atoms with van der Waals surface area (Å²) in [6.45, 7) is 0.543. The van der Waals surface area contributed by atoms with E-state index in [1.54, 1.807) is 0 Å². The van der Waals surface area contributed by atoms with Crippen LogP contribution < -0.4 is 10.6 Å². The van der Waals surface area contributed by atoms with E-state index in [2.05, 4.69) is 30.7 Å². The van der Waals surface area contributed by atoms with Gasteiger partial charge in [-0.1, -0.05) is 95.2 Å². The van der Waals surface area contributed by atoms with Crippen molar-refractivity contribution in [2.45, 2.75) is 38.0 Å². The van der Waals surface area contributed by atoms with Gasteiger partial charge < -0.3 is 10.6 Å². The molecule has 0 unspecified atom stereocenters. The minimum atomic E-state index is -0.841. The van der Waals surface area contributed by atoms with Crippen molar-refractivity contribution in [3.05, 3.63) is 128 Å². The highest BCUT2D eigenvalue weighted by atomic mass is 16.2. The molecule has 0 aromatic heterocycles. The summed E-state index contributed by atoms with van der Waals surface area (Å²) >= 11 is 0. The third-order valence-electron chi connectivity index (χ3n) is 5.49. The van der Waals surface area contributed by atoms with Gasteiger partial charge in [-0.3, -0.25) is 9.59 Å². The number of rotatable bonds is 12. The predicted molar refractivity (Wildman–Crippen MR) is 136 cm³/mol. The number of nitrogens with zero attached hydrogens (tertiary/aromatic N) is 6. The molecule has 0 spiro atoms. The number of amides is 2. The van der Waals surface area contributed by atoms with Crippen LogP contribution in [0.3, 0.4) is 0 Å². The molecule has 0 aliphatic heterocycles. The Morgan fingerprint density at radius 2 is 0.972 bits per heavy atom. The third-order valence-corrected chi connectivity index (χ3v) is 5.49. The van der Waals surface area contributed by atoms with Crippen molar-refractivity contribution in [2.24, 2.45) is 10.2 Å². The van der Waals surface area contributed by atoms with Gasteiger partial charge in [-0.05, 0) is 46.2 Å². The molecule has 10 nitrogen and oxygen atoms in total. The summed E-state index contributed by atoms with van der Waals surface area (Å²) in [7, 11) is 0. The summed E-state index contributed by atoms with van der Waals surface area (Å²) in [5.74, 6) is -0.703. The Balaban J connectivity index is 1.50. The van der Waals surface area contributed by atoms with Crippen molar-refractivity contribution in [1.82, 2.24) is 10.6 Å². The van der Waals surface area contributed by atoms with Gasteiger partial charge in [0.15, 0.2) is 0 Å². The number of hydrogen-bond donors (Lipinski definition) is 2. The highest BCUT2D eigenvalue weighted by molar-refractivity contribution is 5.82. The molecule has 2 atom stereocenters. The van der Waals surface area contributed by atoms with E-state index >= 15 is 0 Å². The second-order valence-corrected chi connectivity index (χ2v) is 8.07. The van der Waals surface area contributed by atoms with Gasteiger partial charge in [0.05, 0.1) is 0 Å². The molecule has 0 heterocycles. The number of carbonyl (C=O) groups is 2. The second-order valence-electron chi connectivity index (χ2n) is 8.07. The topological polar surface area (TPSA) is 156 Å². The van der Waals surface area contributed by atoms with E-state index in [0.29, 0.717) is 12.8 Å². The Bertz CT molecular complexity index is 1140. The second kappa shape index (κ2) is 13.8. The van der Waals surface area contributed by atoms with Gasteiger partial charge in [0.1, 0.15) is 12.1 Å². The maximum absolute atomic E-state index is 12.5. The summed E-state index contributed by atoms with van der Waals surface area (Å²) in [6, 6.07) is 24.4. The van der Waals surface area contributed by atoms with Crippen molar-refractivity contribution in [2.75, 3.05) is 0 Å². The average Bonchev–Trinajstić information content (AvgIpc) is 2.91. The zero-order chi connectivity index (χ0) is 25.6. The van der Waals surface area contributed by atoms with Gasteiger partial charge in [0.2, 0.25) is 11.8 Å². The molecule has 0 radical (unpaired) electrons. The number of nitrogens with one attached hydrogen (secondary N) is 2. The molecule has 2 amide bonds. The van der Waals surface area contributed by atoms with E-state index in [9.17, 15) is 9.59 Å². The number of benzene rings is 3. The minimum Gasteiger partial charge on any atom is -0.352 e. The highest BCUT2D eigenvalue weighted by Gasteiger charge is 2.18. The van der Waals surface area contributed by atoms with Crippen LogP contribution >= 0.6 is 0 Å². The lowest BCUT2D eigenvalue weighted by Gasteiger charge is -2.13. The molecule has 2 N–H and O–H groups in total. The predicted octanol–water partition coefficient (Wildman–Crippen LogP) is 4.76. The fourth-order valence-electron chi connectivity index (χ4n) is 3.56. The summed E-state index contributed by atoms with van der Waals surface area (Å²) in [6.07, 6.45) is 0.632. The standard InChI is InChI=1S/C26H26N8O2/c27-33-31-23(15-19-7-3-1-4-8-19)25(35)29-17-21-11-13-22(14-12-21)18-30-26(36)24(32-34-28)16-20-9-5-2-6-10-20/h1-14,23-24H,15-18H2,(H,29,35)(H,30,36)/t23-,24-/m0/s1. The Morgan fingerprint density at radius 3 is 1.31 bits per heavy atom. The highest BCUT2D eigenvalue weighted by Crippen LogP contribution is 2.10. The maximum Gasteiger partial charge on any atom is 0.229 e. The number of carbonyl (C=O) groups excluding carboxylic acids is 2. The fraction of sp³-hybridized carbons (Fsp3) is 0.231.